The first-order chi connectivity index (χ1) is 16.3. The molecule has 3 aromatic heterocycles. The highest BCUT2D eigenvalue weighted by atomic mass is 19.4. The van der Waals surface area contributed by atoms with Gasteiger partial charge in [-0.2, -0.15) is 13.2 Å². The van der Waals surface area contributed by atoms with Crippen LogP contribution < -0.4 is 4.74 Å². The minimum Gasteiger partial charge on any atom is -0.455 e. The van der Waals surface area contributed by atoms with E-state index in [9.17, 15) is 18.0 Å². The molecular formula is C24H20F3N5O2. The van der Waals surface area contributed by atoms with Gasteiger partial charge in [0.2, 0.25) is 5.91 Å². The molecule has 1 saturated heterocycles. The summed E-state index contributed by atoms with van der Waals surface area (Å²) in [7, 11) is 0. The first kappa shape index (κ1) is 21.9. The zero-order valence-electron chi connectivity index (χ0n) is 18.1. The number of nitrogens with zero attached hydrogens (tertiary/aromatic N) is 4. The number of hydrogen-bond donors (Lipinski definition) is 1. The van der Waals surface area contributed by atoms with Crippen LogP contribution in [0.5, 0.6) is 11.5 Å². The van der Waals surface area contributed by atoms with Crippen molar-refractivity contribution in [3.05, 3.63) is 66.1 Å². The summed E-state index contributed by atoms with van der Waals surface area (Å²) >= 11 is 0. The van der Waals surface area contributed by atoms with E-state index in [0.717, 1.165) is 36.2 Å². The number of amides is 1. The zero-order chi connectivity index (χ0) is 23.9. The van der Waals surface area contributed by atoms with E-state index >= 15 is 0 Å². The summed E-state index contributed by atoms with van der Waals surface area (Å²) < 4.78 is 44.7. The highest BCUT2D eigenvalue weighted by molar-refractivity contribution is 5.82. The van der Waals surface area contributed by atoms with Crippen molar-refractivity contribution in [3.63, 3.8) is 0 Å². The van der Waals surface area contributed by atoms with E-state index in [-0.39, 0.29) is 17.7 Å². The second kappa shape index (κ2) is 8.44. The lowest BCUT2D eigenvalue weighted by molar-refractivity contribution is -0.141. The summed E-state index contributed by atoms with van der Waals surface area (Å²) in [4.78, 5) is 29.7. The molecule has 174 valence electrons. The summed E-state index contributed by atoms with van der Waals surface area (Å²) in [6, 6.07) is 11.0. The number of fused-ring (bicyclic) bond motifs is 1. The Morgan fingerprint density at radius 1 is 1.18 bits per heavy atom. The Kier molecular flexibility index (Phi) is 5.43. The van der Waals surface area contributed by atoms with E-state index in [1.54, 1.807) is 17.2 Å². The van der Waals surface area contributed by atoms with Gasteiger partial charge in [-0.05, 0) is 43.2 Å². The Hall–Kier alpha value is -3.95. The van der Waals surface area contributed by atoms with E-state index in [4.69, 9.17) is 4.74 Å². The first-order valence-electron chi connectivity index (χ1n) is 10.7. The molecule has 4 aromatic rings. The molecule has 0 spiro atoms. The third-order valence-electron chi connectivity index (χ3n) is 5.79. The van der Waals surface area contributed by atoms with Crippen LogP contribution in [0.3, 0.4) is 0 Å². The van der Waals surface area contributed by atoms with Gasteiger partial charge in [-0.3, -0.25) is 9.78 Å². The molecule has 1 unspecified atom stereocenters. The average molecular weight is 467 g/mol. The van der Waals surface area contributed by atoms with Crippen LogP contribution in [0.2, 0.25) is 0 Å². The maximum Gasteiger partial charge on any atom is 0.433 e. The number of ether oxygens (including phenoxy) is 1. The lowest BCUT2D eigenvalue weighted by Gasteiger charge is -2.25. The lowest BCUT2D eigenvalue weighted by atomic mass is 10.0. The number of nitrogens with one attached hydrogen (secondary N) is 1. The smallest absolute Gasteiger partial charge is 0.433 e. The zero-order valence-corrected chi connectivity index (χ0v) is 18.1. The van der Waals surface area contributed by atoms with Crippen LogP contribution in [0.15, 0.2) is 54.9 Å². The molecule has 1 N–H and O–H groups in total. The Labute approximate surface area is 192 Å². The number of likely N-dealkylation sites (tertiary alicyclic amines) is 1. The largest absolute Gasteiger partial charge is 0.455 e. The van der Waals surface area contributed by atoms with Crippen LogP contribution >= 0.6 is 0 Å². The highest BCUT2D eigenvalue weighted by Gasteiger charge is 2.33. The molecule has 5 rings (SSSR count). The third-order valence-corrected chi connectivity index (χ3v) is 5.79. The van der Waals surface area contributed by atoms with E-state index in [0.29, 0.717) is 29.3 Å². The van der Waals surface area contributed by atoms with Gasteiger partial charge in [0, 0.05) is 31.3 Å². The molecule has 0 bridgehead atoms. The van der Waals surface area contributed by atoms with Gasteiger partial charge in [-0.1, -0.05) is 6.07 Å². The number of H-pyrrole nitrogens is 1. The van der Waals surface area contributed by atoms with Gasteiger partial charge in [0.1, 0.15) is 22.9 Å². The summed E-state index contributed by atoms with van der Waals surface area (Å²) in [5, 5.41) is 0. The second-order valence-electron chi connectivity index (χ2n) is 8.06. The SMILES string of the molecule is CC(=O)N1CCCC1c1cc2[nH]c(-c3ccccn3)nc2cc1Oc1ccc(C(F)(F)F)nc1. The van der Waals surface area contributed by atoms with Crippen molar-refractivity contribution in [2.75, 3.05) is 6.54 Å². The maximum atomic E-state index is 12.9. The number of halogens is 3. The fourth-order valence-corrected chi connectivity index (χ4v) is 4.23. The highest BCUT2D eigenvalue weighted by Crippen LogP contribution is 2.41. The van der Waals surface area contributed by atoms with Crippen molar-refractivity contribution < 1.29 is 22.7 Å². The van der Waals surface area contributed by atoms with Gasteiger partial charge in [0.15, 0.2) is 5.82 Å². The van der Waals surface area contributed by atoms with Gasteiger partial charge in [-0.15, -0.1) is 0 Å². The predicted octanol–water partition coefficient (Wildman–Crippen LogP) is 5.51. The number of pyridine rings is 2. The normalized spacial score (nSPS) is 16.2. The number of hydrogen-bond acceptors (Lipinski definition) is 5. The first-order valence-corrected chi connectivity index (χ1v) is 10.7. The quantitative estimate of drug-likeness (QED) is 0.428. The summed E-state index contributed by atoms with van der Waals surface area (Å²) in [5.41, 5.74) is 1.76. The molecule has 7 nitrogen and oxygen atoms in total. The van der Waals surface area contributed by atoms with Gasteiger partial charge in [0.25, 0.3) is 0 Å². The molecule has 1 amide bonds. The molecule has 4 heterocycles. The summed E-state index contributed by atoms with van der Waals surface area (Å²) in [5.74, 6) is 1.08. The number of carbonyl (C=O) groups is 1. The fraction of sp³-hybridized carbons (Fsp3) is 0.250. The average Bonchev–Trinajstić information content (AvgIpc) is 3.46. The molecule has 1 fully saturated rings. The van der Waals surface area contributed by atoms with Crippen molar-refractivity contribution in [2.45, 2.75) is 32.0 Å². The van der Waals surface area contributed by atoms with Crippen LogP contribution in [-0.4, -0.2) is 37.3 Å². The van der Waals surface area contributed by atoms with Gasteiger partial charge >= 0.3 is 6.18 Å². The van der Waals surface area contributed by atoms with Gasteiger partial charge in [-0.25, -0.2) is 9.97 Å². The van der Waals surface area contributed by atoms with Crippen molar-refractivity contribution in [3.8, 4) is 23.0 Å². The van der Waals surface area contributed by atoms with Crippen LogP contribution in [0.25, 0.3) is 22.6 Å². The van der Waals surface area contributed by atoms with Crippen molar-refractivity contribution in [2.24, 2.45) is 0 Å². The Morgan fingerprint density at radius 3 is 2.71 bits per heavy atom. The van der Waals surface area contributed by atoms with Crippen molar-refractivity contribution in [1.29, 1.82) is 0 Å². The monoisotopic (exact) mass is 467 g/mol. The Morgan fingerprint density at radius 2 is 2.03 bits per heavy atom. The van der Waals surface area contributed by atoms with Crippen LogP contribution in [0.4, 0.5) is 13.2 Å². The van der Waals surface area contributed by atoms with Crippen LogP contribution in [0, 0.1) is 0 Å². The predicted molar refractivity (Wildman–Crippen MR) is 118 cm³/mol. The third kappa shape index (κ3) is 4.18. The molecular weight excluding hydrogens is 447 g/mol. The number of benzene rings is 1. The molecule has 34 heavy (non-hydrogen) atoms. The van der Waals surface area contributed by atoms with E-state index in [1.165, 1.54) is 13.0 Å². The summed E-state index contributed by atoms with van der Waals surface area (Å²) in [6.45, 7) is 2.15. The van der Waals surface area contributed by atoms with E-state index in [1.807, 2.05) is 24.3 Å². The van der Waals surface area contributed by atoms with Gasteiger partial charge < -0.3 is 14.6 Å². The molecule has 1 atom stereocenters. The number of carbonyl (C=O) groups excluding carboxylic acids is 1. The molecule has 10 heteroatoms. The van der Waals surface area contributed by atoms with E-state index in [2.05, 4.69) is 19.9 Å². The molecule has 0 aliphatic carbocycles. The fourth-order valence-electron chi connectivity index (χ4n) is 4.23. The minimum atomic E-state index is -4.54. The van der Waals surface area contributed by atoms with Crippen LogP contribution in [0.1, 0.15) is 37.1 Å². The molecule has 1 aliphatic heterocycles. The number of rotatable bonds is 4. The Bertz CT molecular complexity index is 1340. The van der Waals surface area contributed by atoms with E-state index < -0.39 is 11.9 Å². The molecule has 0 radical (unpaired) electrons. The molecule has 0 saturated carbocycles. The number of aromatic amines is 1. The van der Waals surface area contributed by atoms with Gasteiger partial charge in [0.05, 0.1) is 23.3 Å². The Balaban J connectivity index is 1.58. The van der Waals surface area contributed by atoms with Crippen LogP contribution in [-0.2, 0) is 11.0 Å². The lowest BCUT2D eigenvalue weighted by Crippen LogP contribution is -2.28. The number of aromatic nitrogens is 4. The topological polar surface area (TPSA) is 84.0 Å². The molecule has 1 aromatic carbocycles. The molecule has 1 aliphatic rings. The second-order valence-corrected chi connectivity index (χ2v) is 8.06. The summed E-state index contributed by atoms with van der Waals surface area (Å²) in [6.07, 6.45) is -0.244. The maximum absolute atomic E-state index is 12.9. The van der Waals surface area contributed by atoms with Crippen molar-refractivity contribution in [1.82, 2.24) is 24.8 Å². The van der Waals surface area contributed by atoms with Crippen molar-refractivity contribution >= 4 is 16.9 Å². The standard InChI is InChI=1S/C24H20F3N5O2/c1-14(33)32-10-4-6-20(32)16-11-18-19(31-23(30-18)17-5-2-3-9-28-17)12-21(16)34-15-7-8-22(29-13-15)24(25,26)27/h2-3,5,7-9,11-13,20H,4,6,10H2,1H3,(H,30,31). The number of alkyl halides is 3. The number of imidazole rings is 1. The minimum absolute atomic E-state index is 0.0523.